The van der Waals surface area contributed by atoms with E-state index in [2.05, 4.69) is 55.2 Å². The van der Waals surface area contributed by atoms with Crippen molar-refractivity contribution in [2.75, 3.05) is 45.7 Å². The Kier molecular flexibility index (Phi) is 4.25. The molecule has 3 nitrogen and oxygen atoms in total. The van der Waals surface area contributed by atoms with Crippen LogP contribution in [0.25, 0.3) is 0 Å². The van der Waals surface area contributed by atoms with Crippen molar-refractivity contribution in [3.63, 3.8) is 0 Å². The van der Waals surface area contributed by atoms with E-state index in [1.807, 2.05) is 0 Å². The van der Waals surface area contributed by atoms with Crippen molar-refractivity contribution in [1.29, 1.82) is 0 Å². The minimum Gasteiger partial charge on any atom is -0.378 e. The molecule has 1 aromatic rings. The highest BCUT2D eigenvalue weighted by molar-refractivity contribution is 5.46. The van der Waals surface area contributed by atoms with Gasteiger partial charge in [0.05, 0.1) is 0 Å². The lowest BCUT2D eigenvalue weighted by Crippen LogP contribution is -2.24. The van der Waals surface area contributed by atoms with Crippen molar-refractivity contribution in [3.05, 3.63) is 29.8 Å². The fraction of sp³-hybridized carbons (Fsp3) is 0.600. The molecule has 2 N–H and O–H groups in total. The Balaban J connectivity index is 2.12. The van der Waals surface area contributed by atoms with Gasteiger partial charge in [-0.15, -0.1) is 0 Å². The Labute approximate surface area is 111 Å². The van der Waals surface area contributed by atoms with Crippen molar-refractivity contribution in [3.8, 4) is 0 Å². The average Bonchev–Trinajstić information content (AvgIpc) is 2.77. The monoisotopic (exact) mass is 247 g/mol. The molecule has 0 aliphatic carbocycles. The van der Waals surface area contributed by atoms with Gasteiger partial charge in [0, 0.05) is 32.2 Å². The summed E-state index contributed by atoms with van der Waals surface area (Å²) in [5.74, 6) is 1.22. The SMILES string of the molecule is CN1CCC(C(CN)c2ccc(N(C)C)cc2)C1. The predicted molar refractivity (Wildman–Crippen MR) is 78.2 cm³/mol. The number of hydrogen-bond acceptors (Lipinski definition) is 3. The lowest BCUT2D eigenvalue weighted by Gasteiger charge is -2.23. The summed E-state index contributed by atoms with van der Waals surface area (Å²) < 4.78 is 0. The van der Waals surface area contributed by atoms with Gasteiger partial charge in [-0.1, -0.05) is 12.1 Å². The molecule has 1 aliphatic rings. The van der Waals surface area contributed by atoms with E-state index in [4.69, 9.17) is 5.73 Å². The van der Waals surface area contributed by atoms with E-state index in [1.54, 1.807) is 0 Å². The highest BCUT2D eigenvalue weighted by Crippen LogP contribution is 2.31. The molecule has 3 heteroatoms. The van der Waals surface area contributed by atoms with Crippen molar-refractivity contribution in [1.82, 2.24) is 4.90 Å². The molecule has 0 radical (unpaired) electrons. The zero-order valence-electron chi connectivity index (χ0n) is 11.8. The van der Waals surface area contributed by atoms with Gasteiger partial charge in [-0.2, -0.15) is 0 Å². The smallest absolute Gasteiger partial charge is 0.0361 e. The number of anilines is 1. The summed E-state index contributed by atoms with van der Waals surface area (Å²) in [6.45, 7) is 3.13. The molecular weight excluding hydrogens is 222 g/mol. The average molecular weight is 247 g/mol. The number of benzene rings is 1. The molecule has 18 heavy (non-hydrogen) atoms. The number of nitrogens with zero attached hydrogens (tertiary/aromatic N) is 2. The molecule has 0 aromatic heterocycles. The van der Waals surface area contributed by atoms with Gasteiger partial charge in [-0.05, 0) is 50.2 Å². The van der Waals surface area contributed by atoms with Crippen LogP contribution in [0, 0.1) is 5.92 Å². The van der Waals surface area contributed by atoms with E-state index < -0.39 is 0 Å². The molecule has 0 spiro atoms. The number of hydrogen-bond donors (Lipinski definition) is 1. The summed E-state index contributed by atoms with van der Waals surface area (Å²) in [5, 5.41) is 0. The van der Waals surface area contributed by atoms with Crippen LogP contribution in [0.2, 0.25) is 0 Å². The topological polar surface area (TPSA) is 32.5 Å². The second-order valence-corrected chi connectivity index (χ2v) is 5.64. The molecule has 1 aromatic carbocycles. The molecule has 1 saturated heterocycles. The van der Waals surface area contributed by atoms with Crippen molar-refractivity contribution >= 4 is 5.69 Å². The first-order valence-electron chi connectivity index (χ1n) is 6.77. The Hall–Kier alpha value is -1.06. The summed E-state index contributed by atoms with van der Waals surface area (Å²) in [7, 11) is 6.34. The standard InChI is InChI=1S/C15H25N3/c1-17(2)14-6-4-12(5-7-14)15(10-16)13-8-9-18(3)11-13/h4-7,13,15H,8-11,16H2,1-3H3. The third kappa shape index (κ3) is 2.85. The first-order chi connectivity index (χ1) is 8.61. The van der Waals surface area contributed by atoms with E-state index in [9.17, 15) is 0 Å². The molecule has 100 valence electrons. The van der Waals surface area contributed by atoms with E-state index in [0.717, 1.165) is 6.54 Å². The maximum absolute atomic E-state index is 6.00. The van der Waals surface area contributed by atoms with Crippen LogP contribution >= 0.6 is 0 Å². The molecule has 1 aliphatic heterocycles. The first kappa shape index (κ1) is 13.4. The van der Waals surface area contributed by atoms with Crippen LogP contribution in [-0.4, -0.2) is 45.7 Å². The van der Waals surface area contributed by atoms with Crippen LogP contribution in [0.4, 0.5) is 5.69 Å². The minimum atomic E-state index is 0.506. The number of rotatable bonds is 4. The fourth-order valence-electron chi connectivity index (χ4n) is 2.92. The van der Waals surface area contributed by atoms with Crippen LogP contribution in [0.15, 0.2) is 24.3 Å². The van der Waals surface area contributed by atoms with Crippen LogP contribution in [0.3, 0.4) is 0 Å². The third-order valence-corrected chi connectivity index (χ3v) is 4.09. The number of likely N-dealkylation sites (tertiary alicyclic amines) is 1. The lowest BCUT2D eigenvalue weighted by molar-refractivity contribution is 0.371. The molecule has 2 rings (SSSR count). The zero-order chi connectivity index (χ0) is 13.1. The second kappa shape index (κ2) is 5.72. The quantitative estimate of drug-likeness (QED) is 0.880. The van der Waals surface area contributed by atoms with Crippen LogP contribution in [-0.2, 0) is 0 Å². The van der Waals surface area contributed by atoms with E-state index in [-0.39, 0.29) is 0 Å². The van der Waals surface area contributed by atoms with Gasteiger partial charge in [-0.3, -0.25) is 0 Å². The summed E-state index contributed by atoms with van der Waals surface area (Å²) >= 11 is 0. The Morgan fingerprint density at radius 1 is 1.33 bits per heavy atom. The van der Waals surface area contributed by atoms with Crippen molar-refractivity contribution < 1.29 is 0 Å². The maximum Gasteiger partial charge on any atom is 0.0361 e. The van der Waals surface area contributed by atoms with Gasteiger partial charge in [0.2, 0.25) is 0 Å². The Bertz CT molecular complexity index is 372. The predicted octanol–water partition coefficient (Wildman–Crippen LogP) is 1.75. The lowest BCUT2D eigenvalue weighted by atomic mass is 9.85. The Morgan fingerprint density at radius 2 is 2.00 bits per heavy atom. The van der Waals surface area contributed by atoms with Gasteiger partial charge < -0.3 is 15.5 Å². The maximum atomic E-state index is 6.00. The van der Waals surface area contributed by atoms with Gasteiger partial charge in [-0.25, -0.2) is 0 Å². The van der Waals surface area contributed by atoms with Gasteiger partial charge in [0.15, 0.2) is 0 Å². The summed E-state index contributed by atoms with van der Waals surface area (Å²) in [6, 6.07) is 8.86. The van der Waals surface area contributed by atoms with E-state index in [0.29, 0.717) is 11.8 Å². The summed E-state index contributed by atoms with van der Waals surface area (Å²) in [4.78, 5) is 4.53. The van der Waals surface area contributed by atoms with Gasteiger partial charge >= 0.3 is 0 Å². The van der Waals surface area contributed by atoms with Crippen LogP contribution in [0.1, 0.15) is 17.9 Å². The Morgan fingerprint density at radius 3 is 2.44 bits per heavy atom. The van der Waals surface area contributed by atoms with E-state index in [1.165, 1.54) is 30.8 Å². The first-order valence-corrected chi connectivity index (χ1v) is 6.77. The van der Waals surface area contributed by atoms with Crippen LogP contribution in [0.5, 0.6) is 0 Å². The largest absolute Gasteiger partial charge is 0.378 e. The van der Waals surface area contributed by atoms with Gasteiger partial charge in [0.25, 0.3) is 0 Å². The molecule has 2 unspecified atom stereocenters. The molecule has 0 saturated carbocycles. The summed E-state index contributed by atoms with van der Waals surface area (Å²) in [6.07, 6.45) is 1.27. The zero-order valence-corrected chi connectivity index (χ0v) is 11.8. The highest BCUT2D eigenvalue weighted by Gasteiger charge is 2.27. The van der Waals surface area contributed by atoms with Crippen molar-refractivity contribution in [2.45, 2.75) is 12.3 Å². The minimum absolute atomic E-state index is 0.506. The molecule has 0 amide bonds. The summed E-state index contributed by atoms with van der Waals surface area (Å²) in [5.41, 5.74) is 8.64. The van der Waals surface area contributed by atoms with E-state index >= 15 is 0 Å². The molecule has 2 atom stereocenters. The third-order valence-electron chi connectivity index (χ3n) is 4.09. The normalized spacial score (nSPS) is 22.1. The molecular formula is C15H25N3. The van der Waals surface area contributed by atoms with Gasteiger partial charge in [0.1, 0.15) is 0 Å². The fourth-order valence-corrected chi connectivity index (χ4v) is 2.92. The molecule has 0 bridgehead atoms. The molecule has 1 heterocycles. The van der Waals surface area contributed by atoms with Crippen LogP contribution < -0.4 is 10.6 Å². The highest BCUT2D eigenvalue weighted by atomic mass is 15.1. The number of nitrogens with two attached hydrogens (primary N) is 1. The van der Waals surface area contributed by atoms with Crippen molar-refractivity contribution in [2.24, 2.45) is 11.7 Å². The molecule has 1 fully saturated rings. The second-order valence-electron chi connectivity index (χ2n) is 5.64.